The minimum atomic E-state index is -0.126. The number of hydrogen-bond acceptors (Lipinski definition) is 6. The number of benzene rings is 1. The van der Waals surface area contributed by atoms with Gasteiger partial charge >= 0.3 is 0 Å². The molecule has 1 saturated heterocycles. The predicted molar refractivity (Wildman–Crippen MR) is 105 cm³/mol. The van der Waals surface area contributed by atoms with Crippen molar-refractivity contribution in [3.63, 3.8) is 0 Å². The highest BCUT2D eigenvalue weighted by atomic mass is 16.5. The second-order valence-corrected chi connectivity index (χ2v) is 6.88. The van der Waals surface area contributed by atoms with Crippen LogP contribution >= 0.6 is 0 Å². The quantitative estimate of drug-likeness (QED) is 0.623. The average molecular weight is 387 g/mol. The van der Waals surface area contributed by atoms with Crippen molar-refractivity contribution in [1.29, 1.82) is 0 Å². The summed E-state index contributed by atoms with van der Waals surface area (Å²) in [7, 11) is 1.64. The van der Waals surface area contributed by atoms with Crippen LogP contribution in [0.25, 0.3) is 0 Å². The summed E-state index contributed by atoms with van der Waals surface area (Å²) in [6.07, 6.45) is 3.78. The molecule has 0 spiro atoms. The van der Waals surface area contributed by atoms with E-state index in [2.05, 4.69) is 15.6 Å². The largest absolute Gasteiger partial charge is 0.382 e. The fourth-order valence-electron chi connectivity index (χ4n) is 3.26. The van der Waals surface area contributed by atoms with E-state index in [0.717, 1.165) is 31.5 Å². The van der Waals surface area contributed by atoms with Crippen LogP contribution in [-0.2, 0) is 16.0 Å². The molecule has 1 N–H and O–H groups in total. The zero-order valence-electron chi connectivity index (χ0n) is 16.4. The van der Waals surface area contributed by atoms with Gasteiger partial charge in [-0.25, -0.2) is 4.68 Å². The number of hydrogen-bond donors (Lipinski definition) is 1. The second kappa shape index (κ2) is 10.9. The number of nitrogens with zero attached hydrogens (tertiary/aromatic N) is 4. The van der Waals surface area contributed by atoms with E-state index in [4.69, 9.17) is 9.47 Å². The SMILES string of the molecule is COCCOCCN(Cc1ccccc1)C(=O)c1cn(C2CCNCC2)nn1. The molecule has 0 radical (unpaired) electrons. The molecule has 8 heteroatoms. The third-order valence-corrected chi connectivity index (χ3v) is 4.85. The van der Waals surface area contributed by atoms with Gasteiger partial charge in [0, 0.05) is 20.2 Å². The summed E-state index contributed by atoms with van der Waals surface area (Å²) in [5, 5.41) is 11.7. The molecule has 1 aromatic carbocycles. The molecule has 3 rings (SSSR count). The normalized spacial score (nSPS) is 14.9. The Balaban J connectivity index is 1.65. The maximum Gasteiger partial charge on any atom is 0.276 e. The fraction of sp³-hybridized carbons (Fsp3) is 0.550. The molecule has 1 fully saturated rings. The van der Waals surface area contributed by atoms with Crippen molar-refractivity contribution in [2.24, 2.45) is 0 Å². The van der Waals surface area contributed by atoms with Gasteiger partial charge in [-0.3, -0.25) is 4.79 Å². The first-order chi connectivity index (χ1) is 13.8. The van der Waals surface area contributed by atoms with Gasteiger partial charge in [-0.1, -0.05) is 35.5 Å². The van der Waals surface area contributed by atoms with Crippen molar-refractivity contribution in [3.8, 4) is 0 Å². The molecule has 2 aromatic rings. The van der Waals surface area contributed by atoms with Gasteiger partial charge in [0.05, 0.1) is 32.1 Å². The van der Waals surface area contributed by atoms with Gasteiger partial charge < -0.3 is 19.7 Å². The Bertz CT molecular complexity index is 716. The molecule has 0 unspecified atom stereocenters. The molecule has 152 valence electrons. The van der Waals surface area contributed by atoms with Crippen molar-refractivity contribution >= 4 is 5.91 Å². The molecular weight excluding hydrogens is 358 g/mol. The minimum Gasteiger partial charge on any atom is -0.382 e. The summed E-state index contributed by atoms with van der Waals surface area (Å²) < 4.78 is 12.4. The predicted octanol–water partition coefficient (Wildman–Crippen LogP) is 1.51. The van der Waals surface area contributed by atoms with Crippen LogP contribution in [0.2, 0.25) is 0 Å². The highest BCUT2D eigenvalue weighted by Crippen LogP contribution is 2.18. The van der Waals surface area contributed by atoms with Crippen molar-refractivity contribution in [1.82, 2.24) is 25.2 Å². The maximum absolute atomic E-state index is 13.1. The first kappa shape index (κ1) is 20.4. The van der Waals surface area contributed by atoms with Crippen LogP contribution in [0.15, 0.2) is 36.5 Å². The van der Waals surface area contributed by atoms with Crippen molar-refractivity contribution in [3.05, 3.63) is 47.8 Å². The van der Waals surface area contributed by atoms with Crippen LogP contribution in [0.5, 0.6) is 0 Å². The number of piperidine rings is 1. The van der Waals surface area contributed by atoms with E-state index in [1.54, 1.807) is 18.2 Å². The molecule has 28 heavy (non-hydrogen) atoms. The summed E-state index contributed by atoms with van der Waals surface area (Å²) in [4.78, 5) is 14.8. The number of rotatable bonds is 10. The van der Waals surface area contributed by atoms with Crippen molar-refractivity contribution in [2.75, 3.05) is 46.6 Å². The van der Waals surface area contributed by atoms with Crippen molar-refractivity contribution < 1.29 is 14.3 Å². The van der Waals surface area contributed by atoms with Gasteiger partial charge in [-0.15, -0.1) is 5.10 Å². The average Bonchev–Trinajstić information content (AvgIpc) is 3.24. The number of methoxy groups -OCH3 is 1. The Morgan fingerprint density at radius 2 is 2.00 bits per heavy atom. The van der Waals surface area contributed by atoms with E-state index in [1.165, 1.54) is 0 Å². The number of ether oxygens (including phenoxy) is 2. The molecule has 1 aliphatic rings. The lowest BCUT2D eigenvalue weighted by atomic mass is 10.1. The van der Waals surface area contributed by atoms with Gasteiger partial charge in [-0.2, -0.15) is 0 Å². The number of carbonyl (C=O) groups excluding carboxylic acids is 1. The van der Waals surface area contributed by atoms with Crippen molar-refractivity contribution in [2.45, 2.75) is 25.4 Å². The lowest BCUT2D eigenvalue weighted by Crippen LogP contribution is -2.34. The fourth-order valence-corrected chi connectivity index (χ4v) is 3.26. The van der Waals surface area contributed by atoms with Gasteiger partial charge in [0.15, 0.2) is 5.69 Å². The zero-order chi connectivity index (χ0) is 19.6. The topological polar surface area (TPSA) is 81.5 Å². The molecule has 1 amide bonds. The van der Waals surface area contributed by atoms with Gasteiger partial charge in [0.25, 0.3) is 5.91 Å². The summed E-state index contributed by atoms with van der Waals surface area (Å²) in [5.74, 6) is -0.126. The van der Waals surface area contributed by atoms with E-state index in [-0.39, 0.29) is 5.91 Å². The van der Waals surface area contributed by atoms with E-state index >= 15 is 0 Å². The third-order valence-electron chi connectivity index (χ3n) is 4.85. The Morgan fingerprint density at radius 3 is 2.75 bits per heavy atom. The lowest BCUT2D eigenvalue weighted by molar-refractivity contribution is 0.0474. The van der Waals surface area contributed by atoms with Crippen LogP contribution in [0, 0.1) is 0 Å². The Kier molecular flexibility index (Phi) is 7.95. The lowest BCUT2D eigenvalue weighted by Gasteiger charge is -2.23. The monoisotopic (exact) mass is 387 g/mol. The van der Waals surface area contributed by atoms with Gasteiger partial charge in [0.1, 0.15) is 0 Å². The Hall–Kier alpha value is -2.29. The first-order valence-corrected chi connectivity index (χ1v) is 9.80. The molecular formula is C20H29N5O3. The van der Waals surface area contributed by atoms with Crippen LogP contribution in [0.1, 0.15) is 34.9 Å². The maximum atomic E-state index is 13.1. The van der Waals surface area contributed by atoms with E-state index < -0.39 is 0 Å². The van der Waals surface area contributed by atoms with Crippen LogP contribution in [0.4, 0.5) is 0 Å². The Labute approximate surface area is 165 Å². The molecule has 1 aliphatic heterocycles. The number of aromatic nitrogens is 3. The molecule has 0 saturated carbocycles. The van der Waals surface area contributed by atoms with Crippen LogP contribution in [-0.4, -0.2) is 72.4 Å². The van der Waals surface area contributed by atoms with E-state index in [1.807, 2.05) is 35.0 Å². The van der Waals surface area contributed by atoms with Gasteiger partial charge in [-0.05, 0) is 31.5 Å². The van der Waals surface area contributed by atoms with Crippen LogP contribution < -0.4 is 5.32 Å². The highest BCUT2D eigenvalue weighted by molar-refractivity contribution is 5.91. The molecule has 2 heterocycles. The van der Waals surface area contributed by atoms with Crippen LogP contribution in [0.3, 0.4) is 0 Å². The second-order valence-electron chi connectivity index (χ2n) is 6.88. The summed E-state index contributed by atoms with van der Waals surface area (Å²) in [6.45, 7) is 4.42. The highest BCUT2D eigenvalue weighted by Gasteiger charge is 2.22. The molecule has 0 aliphatic carbocycles. The summed E-state index contributed by atoms with van der Waals surface area (Å²) in [5.41, 5.74) is 1.45. The third kappa shape index (κ3) is 5.85. The zero-order valence-corrected chi connectivity index (χ0v) is 16.4. The smallest absolute Gasteiger partial charge is 0.276 e. The molecule has 1 aromatic heterocycles. The molecule has 8 nitrogen and oxygen atoms in total. The van der Waals surface area contributed by atoms with Gasteiger partial charge in [0.2, 0.25) is 0 Å². The first-order valence-electron chi connectivity index (χ1n) is 9.80. The summed E-state index contributed by atoms with van der Waals surface area (Å²) >= 11 is 0. The molecule has 0 bridgehead atoms. The molecule has 0 atom stereocenters. The number of amides is 1. The number of carbonyl (C=O) groups is 1. The van der Waals surface area contributed by atoms with E-state index in [9.17, 15) is 4.79 Å². The number of nitrogens with one attached hydrogen (secondary N) is 1. The minimum absolute atomic E-state index is 0.126. The van der Waals surface area contributed by atoms with E-state index in [0.29, 0.717) is 44.6 Å². The summed E-state index contributed by atoms with van der Waals surface area (Å²) in [6, 6.07) is 10.2. The standard InChI is InChI=1S/C20H29N5O3/c1-27-13-14-28-12-11-24(15-17-5-3-2-4-6-17)20(26)19-16-25(23-22-19)18-7-9-21-10-8-18/h2-6,16,18,21H,7-15H2,1H3. The Morgan fingerprint density at radius 1 is 1.21 bits per heavy atom.